The van der Waals surface area contributed by atoms with Crippen LogP contribution in [-0.2, 0) is 21.4 Å². The van der Waals surface area contributed by atoms with Crippen LogP contribution in [0.2, 0.25) is 5.02 Å². The third-order valence-corrected chi connectivity index (χ3v) is 6.83. The number of benzene rings is 1. The minimum absolute atomic E-state index is 0.139. The number of hydrogen-bond donors (Lipinski definition) is 1. The molecule has 2 aromatic rings. The highest BCUT2D eigenvalue weighted by Crippen LogP contribution is 2.27. The molecule has 1 aliphatic heterocycles. The van der Waals surface area contributed by atoms with Gasteiger partial charge in [-0.25, -0.2) is 8.42 Å². The first-order valence-corrected chi connectivity index (χ1v) is 10.7. The molecule has 6 nitrogen and oxygen atoms in total. The van der Waals surface area contributed by atoms with Crippen molar-refractivity contribution >= 4 is 27.5 Å². The highest BCUT2D eigenvalue weighted by atomic mass is 35.5. The molecule has 0 aliphatic carbocycles. The van der Waals surface area contributed by atoms with Crippen molar-refractivity contribution in [3.63, 3.8) is 0 Å². The maximum Gasteiger partial charge on any atom is 0.243 e. The molecule has 1 atom stereocenters. The average molecular weight is 408 g/mol. The van der Waals surface area contributed by atoms with E-state index >= 15 is 0 Å². The van der Waals surface area contributed by atoms with Crippen LogP contribution >= 0.6 is 11.6 Å². The summed E-state index contributed by atoms with van der Waals surface area (Å²) in [6.45, 7) is 0.749. The number of sulfonamides is 1. The van der Waals surface area contributed by atoms with Crippen LogP contribution in [0.3, 0.4) is 0 Å². The van der Waals surface area contributed by atoms with E-state index in [-0.39, 0.29) is 23.3 Å². The van der Waals surface area contributed by atoms with Gasteiger partial charge in [-0.15, -0.1) is 0 Å². The topological polar surface area (TPSA) is 79.4 Å². The summed E-state index contributed by atoms with van der Waals surface area (Å²) in [6, 6.07) is 11.3. The van der Waals surface area contributed by atoms with E-state index in [1.807, 2.05) is 18.2 Å². The van der Waals surface area contributed by atoms with E-state index in [4.69, 9.17) is 11.6 Å². The Labute approximate surface area is 164 Å². The summed E-state index contributed by atoms with van der Waals surface area (Å²) in [6.07, 6.45) is 4.18. The Morgan fingerprint density at radius 1 is 1.19 bits per heavy atom. The number of halogens is 1. The molecule has 1 aliphatic rings. The number of piperidine rings is 1. The molecule has 27 heavy (non-hydrogen) atoms. The number of pyridine rings is 1. The van der Waals surface area contributed by atoms with Gasteiger partial charge >= 0.3 is 0 Å². The number of amides is 1. The van der Waals surface area contributed by atoms with Crippen molar-refractivity contribution in [1.82, 2.24) is 14.6 Å². The number of rotatable bonds is 6. The Bertz CT molecular complexity index is 873. The van der Waals surface area contributed by atoms with E-state index in [1.165, 1.54) is 16.4 Å². The number of hydrogen-bond acceptors (Lipinski definition) is 4. The Kier molecular flexibility index (Phi) is 6.46. The van der Waals surface area contributed by atoms with Gasteiger partial charge in [-0.1, -0.05) is 24.1 Å². The molecule has 8 heteroatoms. The molecule has 0 saturated carbocycles. The van der Waals surface area contributed by atoms with Crippen LogP contribution in [-0.4, -0.2) is 36.2 Å². The van der Waals surface area contributed by atoms with Gasteiger partial charge in [0, 0.05) is 30.2 Å². The van der Waals surface area contributed by atoms with Crippen LogP contribution < -0.4 is 5.32 Å². The van der Waals surface area contributed by atoms with Crippen molar-refractivity contribution in [2.24, 2.45) is 0 Å². The van der Waals surface area contributed by atoms with Gasteiger partial charge in [-0.2, -0.15) is 4.31 Å². The lowest BCUT2D eigenvalue weighted by atomic mass is 10.0. The third-order valence-electron chi connectivity index (χ3n) is 4.61. The fraction of sp³-hybridized carbons (Fsp3) is 0.368. The van der Waals surface area contributed by atoms with Gasteiger partial charge in [-0.3, -0.25) is 9.78 Å². The van der Waals surface area contributed by atoms with Crippen molar-refractivity contribution in [2.75, 3.05) is 6.54 Å². The van der Waals surface area contributed by atoms with Crippen molar-refractivity contribution in [2.45, 2.75) is 43.2 Å². The molecule has 1 fully saturated rings. The van der Waals surface area contributed by atoms with Crippen molar-refractivity contribution in [1.29, 1.82) is 0 Å². The molecule has 1 aromatic carbocycles. The van der Waals surface area contributed by atoms with Crippen molar-refractivity contribution in [3.8, 4) is 0 Å². The first kappa shape index (κ1) is 19.8. The SMILES string of the molecule is O=C(C[C@@H]1CCCCN1S(=O)(=O)c1ccc(Cl)cc1)NCc1ccccn1. The molecule has 0 spiro atoms. The minimum Gasteiger partial charge on any atom is -0.350 e. The van der Waals surface area contributed by atoms with Crippen LogP contribution in [0.1, 0.15) is 31.4 Å². The maximum atomic E-state index is 13.0. The predicted molar refractivity (Wildman–Crippen MR) is 104 cm³/mol. The number of nitrogens with one attached hydrogen (secondary N) is 1. The maximum absolute atomic E-state index is 13.0. The summed E-state index contributed by atoms with van der Waals surface area (Å²) >= 11 is 5.86. The highest BCUT2D eigenvalue weighted by Gasteiger charge is 2.34. The van der Waals surface area contributed by atoms with E-state index in [0.29, 0.717) is 24.5 Å². The Balaban J connectivity index is 1.67. The fourth-order valence-corrected chi connectivity index (χ4v) is 5.03. The fourth-order valence-electron chi connectivity index (χ4n) is 3.21. The Morgan fingerprint density at radius 2 is 1.96 bits per heavy atom. The summed E-state index contributed by atoms with van der Waals surface area (Å²) in [4.78, 5) is 16.7. The summed E-state index contributed by atoms with van der Waals surface area (Å²) in [5, 5.41) is 3.31. The van der Waals surface area contributed by atoms with Crippen molar-refractivity contribution in [3.05, 3.63) is 59.4 Å². The second-order valence-electron chi connectivity index (χ2n) is 6.52. The number of nitrogens with zero attached hydrogens (tertiary/aromatic N) is 2. The number of carbonyl (C=O) groups excluding carboxylic acids is 1. The standard InChI is InChI=1S/C19H22ClN3O3S/c20-15-7-9-18(10-8-15)27(25,26)23-12-4-2-6-17(23)13-19(24)22-14-16-5-1-3-11-21-16/h1,3,5,7-11,17H,2,4,6,12-14H2,(H,22,24)/t17-/m0/s1. The lowest BCUT2D eigenvalue weighted by Crippen LogP contribution is -2.45. The molecule has 1 saturated heterocycles. The van der Waals surface area contributed by atoms with Gasteiger partial charge in [0.1, 0.15) is 0 Å². The van der Waals surface area contributed by atoms with Crippen LogP contribution in [0.4, 0.5) is 0 Å². The lowest BCUT2D eigenvalue weighted by molar-refractivity contribution is -0.122. The highest BCUT2D eigenvalue weighted by molar-refractivity contribution is 7.89. The average Bonchev–Trinajstić information content (AvgIpc) is 2.68. The second-order valence-corrected chi connectivity index (χ2v) is 8.85. The van der Waals surface area contributed by atoms with Crippen LogP contribution in [0, 0.1) is 0 Å². The summed E-state index contributed by atoms with van der Waals surface area (Å²) in [5.41, 5.74) is 0.764. The number of aromatic nitrogens is 1. The van der Waals surface area contributed by atoms with Gasteiger partial charge in [0.05, 0.1) is 17.1 Å². The molecule has 0 bridgehead atoms. The summed E-state index contributed by atoms with van der Waals surface area (Å²) < 4.78 is 27.5. The van der Waals surface area contributed by atoms with E-state index in [2.05, 4.69) is 10.3 Å². The molecule has 0 radical (unpaired) electrons. The molecule has 2 heterocycles. The minimum atomic E-state index is -3.66. The molecule has 1 amide bonds. The van der Waals surface area contributed by atoms with Gasteiger partial charge in [-0.05, 0) is 49.2 Å². The molecule has 1 aromatic heterocycles. The first-order chi connectivity index (χ1) is 13.0. The monoisotopic (exact) mass is 407 g/mol. The van der Waals surface area contributed by atoms with Crippen LogP contribution in [0.15, 0.2) is 53.6 Å². The Hall–Kier alpha value is -1.96. The van der Waals surface area contributed by atoms with Crippen LogP contribution in [0.5, 0.6) is 0 Å². The molecular formula is C19H22ClN3O3S. The van der Waals surface area contributed by atoms with Crippen molar-refractivity contribution < 1.29 is 13.2 Å². The smallest absolute Gasteiger partial charge is 0.243 e. The zero-order chi connectivity index (χ0) is 19.3. The summed E-state index contributed by atoms with van der Waals surface area (Å²) in [7, 11) is -3.66. The van der Waals surface area contributed by atoms with E-state index in [1.54, 1.807) is 18.3 Å². The Morgan fingerprint density at radius 3 is 2.67 bits per heavy atom. The largest absolute Gasteiger partial charge is 0.350 e. The van der Waals surface area contributed by atoms with E-state index < -0.39 is 10.0 Å². The second kappa shape index (κ2) is 8.82. The molecule has 144 valence electrons. The third kappa shape index (κ3) is 5.06. The summed E-state index contributed by atoms with van der Waals surface area (Å²) in [5.74, 6) is -0.177. The molecule has 3 rings (SSSR count). The zero-order valence-electron chi connectivity index (χ0n) is 14.8. The van der Waals surface area contributed by atoms with Gasteiger partial charge in [0.2, 0.25) is 15.9 Å². The van der Waals surface area contributed by atoms with Crippen LogP contribution in [0.25, 0.3) is 0 Å². The van der Waals surface area contributed by atoms with E-state index in [9.17, 15) is 13.2 Å². The van der Waals surface area contributed by atoms with E-state index in [0.717, 1.165) is 18.5 Å². The molecule has 1 N–H and O–H groups in total. The number of carbonyl (C=O) groups is 1. The van der Waals surface area contributed by atoms with Gasteiger partial charge in [0.25, 0.3) is 0 Å². The van der Waals surface area contributed by atoms with Gasteiger partial charge < -0.3 is 5.32 Å². The zero-order valence-corrected chi connectivity index (χ0v) is 16.4. The predicted octanol–water partition coefficient (Wildman–Crippen LogP) is 2.98. The quantitative estimate of drug-likeness (QED) is 0.798. The van der Waals surface area contributed by atoms with Gasteiger partial charge in [0.15, 0.2) is 0 Å². The lowest BCUT2D eigenvalue weighted by Gasteiger charge is -2.34. The molecular weight excluding hydrogens is 386 g/mol. The molecule has 0 unspecified atom stereocenters. The normalized spacial score (nSPS) is 18.2. The first-order valence-electron chi connectivity index (χ1n) is 8.91.